The second-order valence-corrected chi connectivity index (χ2v) is 4.33. The van der Waals surface area contributed by atoms with E-state index in [-0.39, 0.29) is 0 Å². The first-order valence-corrected chi connectivity index (χ1v) is 6.09. The van der Waals surface area contributed by atoms with Crippen molar-refractivity contribution >= 4 is 21.6 Å². The summed E-state index contributed by atoms with van der Waals surface area (Å²) in [6, 6.07) is 11.6. The number of rotatable bonds is 4. The summed E-state index contributed by atoms with van der Waals surface area (Å²) in [5, 5.41) is 3.14. The lowest BCUT2D eigenvalue weighted by Crippen LogP contribution is -2.02. The van der Waals surface area contributed by atoms with Crippen molar-refractivity contribution in [1.82, 2.24) is 4.98 Å². The Bertz CT molecular complexity index is 488. The van der Waals surface area contributed by atoms with Crippen LogP contribution < -0.4 is 10.1 Å². The van der Waals surface area contributed by atoms with E-state index in [1.54, 1.807) is 6.20 Å². The van der Waals surface area contributed by atoms with Crippen LogP contribution in [0.5, 0.6) is 5.88 Å². The molecule has 0 atom stereocenters. The lowest BCUT2D eigenvalue weighted by atomic mass is 10.2. The van der Waals surface area contributed by atoms with Gasteiger partial charge in [-0.25, -0.2) is 4.98 Å². The quantitative estimate of drug-likeness (QED) is 0.937. The zero-order valence-corrected chi connectivity index (χ0v) is 11.1. The standard InChI is InChI=1S/C13H13BrN2O/c1-15-12-6-4-5-11(14)10(12)9-17-13-7-2-3-8-16-13/h2-8,15H,9H2,1H3. The number of aromatic nitrogens is 1. The van der Waals surface area contributed by atoms with Crippen molar-refractivity contribution in [2.24, 2.45) is 0 Å². The first-order valence-electron chi connectivity index (χ1n) is 5.30. The molecule has 0 saturated heterocycles. The van der Waals surface area contributed by atoms with Crippen molar-refractivity contribution in [3.05, 3.63) is 52.6 Å². The number of halogens is 1. The zero-order valence-electron chi connectivity index (χ0n) is 9.48. The third kappa shape index (κ3) is 2.97. The van der Waals surface area contributed by atoms with Crippen molar-refractivity contribution in [1.29, 1.82) is 0 Å². The molecule has 0 saturated carbocycles. The topological polar surface area (TPSA) is 34.1 Å². The Hall–Kier alpha value is -1.55. The Balaban J connectivity index is 2.14. The number of hydrogen-bond donors (Lipinski definition) is 1. The molecule has 0 fully saturated rings. The van der Waals surface area contributed by atoms with Gasteiger partial charge in [0.1, 0.15) is 6.61 Å². The number of nitrogens with one attached hydrogen (secondary N) is 1. The first-order chi connectivity index (χ1) is 8.31. The van der Waals surface area contributed by atoms with E-state index >= 15 is 0 Å². The van der Waals surface area contributed by atoms with Gasteiger partial charge in [-0.3, -0.25) is 0 Å². The average Bonchev–Trinajstić information content (AvgIpc) is 2.38. The Morgan fingerprint density at radius 1 is 1.24 bits per heavy atom. The molecule has 0 bridgehead atoms. The minimum atomic E-state index is 0.481. The van der Waals surface area contributed by atoms with E-state index in [2.05, 4.69) is 26.2 Å². The van der Waals surface area contributed by atoms with Crippen LogP contribution in [0, 0.1) is 0 Å². The van der Waals surface area contributed by atoms with Crippen LogP contribution in [0.4, 0.5) is 5.69 Å². The van der Waals surface area contributed by atoms with Gasteiger partial charge in [0.05, 0.1) is 0 Å². The Morgan fingerprint density at radius 3 is 2.82 bits per heavy atom. The molecule has 2 rings (SSSR count). The lowest BCUT2D eigenvalue weighted by Gasteiger charge is -2.11. The maximum atomic E-state index is 5.63. The largest absolute Gasteiger partial charge is 0.473 e. The average molecular weight is 293 g/mol. The molecule has 0 radical (unpaired) electrons. The molecule has 0 spiro atoms. The van der Waals surface area contributed by atoms with Crippen molar-refractivity contribution in [2.75, 3.05) is 12.4 Å². The number of nitrogens with zero attached hydrogens (tertiary/aromatic N) is 1. The van der Waals surface area contributed by atoms with Crippen LogP contribution in [0.25, 0.3) is 0 Å². The molecule has 1 heterocycles. The van der Waals surface area contributed by atoms with Crippen LogP contribution >= 0.6 is 15.9 Å². The highest BCUT2D eigenvalue weighted by Crippen LogP contribution is 2.25. The molecule has 17 heavy (non-hydrogen) atoms. The molecular weight excluding hydrogens is 280 g/mol. The Kier molecular flexibility index (Phi) is 3.98. The van der Waals surface area contributed by atoms with Gasteiger partial charge in [0, 0.05) is 35.0 Å². The van der Waals surface area contributed by atoms with E-state index in [0.29, 0.717) is 12.5 Å². The molecular formula is C13H13BrN2O. The molecule has 4 heteroatoms. The predicted octanol–water partition coefficient (Wildman–Crippen LogP) is 3.46. The van der Waals surface area contributed by atoms with Gasteiger partial charge >= 0.3 is 0 Å². The summed E-state index contributed by atoms with van der Waals surface area (Å²) in [5.41, 5.74) is 2.14. The molecule has 2 aromatic rings. The predicted molar refractivity (Wildman–Crippen MR) is 72.3 cm³/mol. The minimum absolute atomic E-state index is 0.481. The molecule has 0 aliphatic carbocycles. The molecule has 88 valence electrons. The second kappa shape index (κ2) is 5.68. The summed E-state index contributed by atoms with van der Waals surface area (Å²) < 4.78 is 6.66. The third-order valence-electron chi connectivity index (χ3n) is 2.39. The summed E-state index contributed by atoms with van der Waals surface area (Å²) in [7, 11) is 1.89. The van der Waals surface area contributed by atoms with Gasteiger partial charge in [-0.15, -0.1) is 0 Å². The van der Waals surface area contributed by atoms with E-state index in [4.69, 9.17) is 4.74 Å². The van der Waals surface area contributed by atoms with Crippen LogP contribution in [-0.4, -0.2) is 12.0 Å². The van der Waals surface area contributed by atoms with Gasteiger partial charge in [-0.05, 0) is 18.2 Å². The van der Waals surface area contributed by atoms with Crippen LogP contribution in [0.2, 0.25) is 0 Å². The maximum absolute atomic E-state index is 5.63. The summed E-state index contributed by atoms with van der Waals surface area (Å²) in [5.74, 6) is 0.630. The van der Waals surface area contributed by atoms with Gasteiger partial charge in [0.25, 0.3) is 0 Å². The van der Waals surface area contributed by atoms with Crippen molar-refractivity contribution in [2.45, 2.75) is 6.61 Å². The molecule has 1 N–H and O–H groups in total. The highest BCUT2D eigenvalue weighted by atomic mass is 79.9. The van der Waals surface area contributed by atoms with E-state index < -0.39 is 0 Å². The fourth-order valence-corrected chi connectivity index (χ4v) is 2.00. The number of anilines is 1. The van der Waals surface area contributed by atoms with Crippen molar-refractivity contribution in [3.63, 3.8) is 0 Å². The normalized spacial score (nSPS) is 10.0. The van der Waals surface area contributed by atoms with Gasteiger partial charge in [-0.1, -0.05) is 28.1 Å². The smallest absolute Gasteiger partial charge is 0.213 e. The molecule has 3 nitrogen and oxygen atoms in total. The molecule has 1 aromatic heterocycles. The number of pyridine rings is 1. The van der Waals surface area contributed by atoms with Gasteiger partial charge < -0.3 is 10.1 Å². The molecule has 1 aromatic carbocycles. The van der Waals surface area contributed by atoms with Crippen LogP contribution in [0.15, 0.2) is 47.1 Å². The van der Waals surface area contributed by atoms with Crippen LogP contribution in [0.1, 0.15) is 5.56 Å². The second-order valence-electron chi connectivity index (χ2n) is 3.47. The highest BCUT2D eigenvalue weighted by molar-refractivity contribution is 9.10. The van der Waals surface area contributed by atoms with E-state index in [0.717, 1.165) is 15.7 Å². The fraction of sp³-hybridized carbons (Fsp3) is 0.154. The zero-order chi connectivity index (χ0) is 12.1. The van der Waals surface area contributed by atoms with Gasteiger partial charge in [-0.2, -0.15) is 0 Å². The number of hydrogen-bond acceptors (Lipinski definition) is 3. The monoisotopic (exact) mass is 292 g/mol. The number of benzene rings is 1. The fourth-order valence-electron chi connectivity index (χ4n) is 1.52. The highest BCUT2D eigenvalue weighted by Gasteiger charge is 2.06. The SMILES string of the molecule is CNc1cccc(Br)c1COc1ccccn1. The summed E-state index contributed by atoms with van der Waals surface area (Å²) in [4.78, 5) is 4.12. The Morgan fingerprint density at radius 2 is 2.12 bits per heavy atom. The van der Waals surface area contributed by atoms with Crippen molar-refractivity contribution < 1.29 is 4.74 Å². The van der Waals surface area contributed by atoms with E-state index in [9.17, 15) is 0 Å². The maximum Gasteiger partial charge on any atom is 0.213 e. The van der Waals surface area contributed by atoms with Crippen LogP contribution in [-0.2, 0) is 6.61 Å². The van der Waals surface area contributed by atoms with E-state index in [1.165, 1.54) is 0 Å². The van der Waals surface area contributed by atoms with Crippen LogP contribution in [0.3, 0.4) is 0 Å². The van der Waals surface area contributed by atoms with E-state index in [1.807, 2.05) is 43.4 Å². The molecule has 0 amide bonds. The van der Waals surface area contributed by atoms with Gasteiger partial charge in [0.15, 0.2) is 0 Å². The first kappa shape index (κ1) is 11.9. The summed E-state index contributed by atoms with van der Waals surface area (Å²) >= 11 is 3.52. The third-order valence-corrected chi connectivity index (χ3v) is 3.13. The molecule has 0 aliphatic rings. The number of ether oxygens (including phenoxy) is 1. The van der Waals surface area contributed by atoms with Crippen molar-refractivity contribution in [3.8, 4) is 5.88 Å². The Labute approximate surface area is 109 Å². The summed E-state index contributed by atoms with van der Waals surface area (Å²) in [6.45, 7) is 0.481. The molecule has 0 unspecified atom stereocenters. The minimum Gasteiger partial charge on any atom is -0.473 e. The summed E-state index contributed by atoms with van der Waals surface area (Å²) in [6.07, 6.45) is 1.72. The van der Waals surface area contributed by atoms with Gasteiger partial charge in [0.2, 0.25) is 5.88 Å². The lowest BCUT2D eigenvalue weighted by molar-refractivity contribution is 0.294. The molecule has 0 aliphatic heterocycles.